The van der Waals surface area contributed by atoms with Gasteiger partial charge in [0, 0.05) is 13.0 Å². The van der Waals surface area contributed by atoms with E-state index >= 15 is 0 Å². The Kier molecular flexibility index (Phi) is 5.72. The van der Waals surface area contributed by atoms with Crippen LogP contribution in [0.5, 0.6) is 0 Å². The van der Waals surface area contributed by atoms with Crippen molar-refractivity contribution in [2.45, 2.75) is 6.92 Å². The molecule has 1 aromatic rings. The van der Waals surface area contributed by atoms with Gasteiger partial charge in [0.1, 0.15) is 10.7 Å². The third-order valence-corrected chi connectivity index (χ3v) is 1.18. The molecule has 1 aromatic heterocycles. The molecule has 92 valence electrons. The summed E-state index contributed by atoms with van der Waals surface area (Å²) in [6.45, 7) is 1.08. The van der Waals surface area contributed by atoms with Crippen LogP contribution < -0.4 is 0 Å². The Hall–Kier alpha value is -2.64. The van der Waals surface area contributed by atoms with Gasteiger partial charge in [0.2, 0.25) is 0 Å². The maximum atomic E-state index is 10.1. The molecule has 0 aromatic carbocycles. The van der Waals surface area contributed by atoms with Gasteiger partial charge in [-0.05, 0) is 12.1 Å². The third kappa shape index (κ3) is 7.31. The van der Waals surface area contributed by atoms with E-state index in [1.165, 1.54) is 6.07 Å². The monoisotopic (exact) mass is 243 g/mol. The van der Waals surface area contributed by atoms with Crippen LogP contribution >= 0.6 is 0 Å². The lowest BCUT2D eigenvalue weighted by Gasteiger charge is -1.82. The molecule has 1 heterocycles. The van der Waals surface area contributed by atoms with Gasteiger partial charge in [-0.2, -0.15) is 0 Å². The summed E-state index contributed by atoms with van der Waals surface area (Å²) in [4.78, 5) is 28.5. The highest BCUT2D eigenvalue weighted by atomic mass is 16.6. The first-order chi connectivity index (χ1) is 7.82. The van der Waals surface area contributed by atoms with Gasteiger partial charge in [-0.1, -0.05) is 0 Å². The molecule has 0 amide bonds. The molecule has 0 bridgehead atoms. The summed E-state index contributed by atoms with van der Waals surface area (Å²) in [5.41, 5.74) is 0. The normalized spacial score (nSPS) is 9.47. The van der Waals surface area contributed by atoms with Crippen LogP contribution in [0, 0.1) is 10.1 Å². The van der Waals surface area contributed by atoms with Gasteiger partial charge in [-0.3, -0.25) is 14.9 Å². The zero-order valence-corrected chi connectivity index (χ0v) is 8.69. The average Bonchev–Trinajstić information content (AvgIpc) is 2.61. The van der Waals surface area contributed by atoms with E-state index in [0.29, 0.717) is 0 Å². The second kappa shape index (κ2) is 6.77. The molecular formula is C9H9NO7. The van der Waals surface area contributed by atoms with Crippen LogP contribution in [0.25, 0.3) is 6.08 Å². The number of rotatable bonds is 3. The smallest absolute Gasteiger partial charge is 0.433 e. The van der Waals surface area contributed by atoms with Crippen molar-refractivity contribution in [3.8, 4) is 0 Å². The average molecular weight is 243 g/mol. The molecule has 0 aliphatic carbocycles. The first-order valence-electron chi connectivity index (χ1n) is 4.17. The number of hydrogen-bond donors (Lipinski definition) is 2. The van der Waals surface area contributed by atoms with E-state index in [-0.39, 0.29) is 5.76 Å². The first-order valence-corrected chi connectivity index (χ1v) is 4.17. The predicted octanol–water partition coefficient (Wildman–Crippen LogP) is 1.38. The lowest BCUT2D eigenvalue weighted by molar-refractivity contribution is -0.402. The van der Waals surface area contributed by atoms with Crippen molar-refractivity contribution in [3.63, 3.8) is 0 Å². The van der Waals surface area contributed by atoms with Gasteiger partial charge in [0.05, 0.1) is 6.07 Å². The summed E-state index contributed by atoms with van der Waals surface area (Å²) >= 11 is 0. The maximum absolute atomic E-state index is 10.1. The van der Waals surface area contributed by atoms with Crippen molar-refractivity contribution in [1.82, 2.24) is 0 Å². The van der Waals surface area contributed by atoms with Gasteiger partial charge < -0.3 is 14.6 Å². The minimum atomic E-state index is -1.14. The summed E-state index contributed by atoms with van der Waals surface area (Å²) in [5, 5.41) is 25.8. The van der Waals surface area contributed by atoms with Crippen molar-refractivity contribution in [2.24, 2.45) is 0 Å². The molecule has 0 saturated heterocycles. The Bertz CT molecular complexity index is 442. The molecule has 8 nitrogen and oxygen atoms in total. The Labute approximate surface area is 94.9 Å². The van der Waals surface area contributed by atoms with Crippen molar-refractivity contribution < 1.29 is 29.1 Å². The quantitative estimate of drug-likeness (QED) is 0.465. The number of carboxylic acids is 2. The number of carboxylic acid groups (broad SMARTS) is 2. The lowest BCUT2D eigenvalue weighted by Crippen LogP contribution is -1.85. The van der Waals surface area contributed by atoms with Crippen LogP contribution in [-0.2, 0) is 9.59 Å². The Balaban J connectivity index is 0.000000557. The van der Waals surface area contributed by atoms with E-state index < -0.39 is 22.7 Å². The number of nitro groups is 1. The second-order valence-corrected chi connectivity index (χ2v) is 2.62. The number of hydrogen-bond acceptors (Lipinski definition) is 5. The molecule has 17 heavy (non-hydrogen) atoms. The molecule has 1 rings (SSSR count). The number of aliphatic carboxylic acids is 2. The van der Waals surface area contributed by atoms with Crippen LogP contribution in [0.2, 0.25) is 0 Å². The second-order valence-electron chi connectivity index (χ2n) is 2.62. The molecule has 0 fully saturated rings. The minimum Gasteiger partial charge on any atom is -0.481 e. The van der Waals surface area contributed by atoms with Gasteiger partial charge >= 0.3 is 11.9 Å². The third-order valence-electron chi connectivity index (χ3n) is 1.18. The first kappa shape index (κ1) is 14.4. The van der Waals surface area contributed by atoms with Gasteiger partial charge in [0.15, 0.2) is 0 Å². The SMILES string of the molecule is CC(=O)O.O=C(O)C=Cc1ccc([N+](=O)[O-])o1. The Morgan fingerprint density at radius 3 is 2.29 bits per heavy atom. The topological polar surface area (TPSA) is 131 Å². The van der Waals surface area contributed by atoms with E-state index in [9.17, 15) is 14.9 Å². The maximum Gasteiger partial charge on any atom is 0.433 e. The van der Waals surface area contributed by atoms with Gasteiger partial charge in [-0.25, -0.2) is 4.79 Å². The highest BCUT2D eigenvalue weighted by Gasteiger charge is 2.09. The number of carbonyl (C=O) groups is 2. The molecule has 2 N–H and O–H groups in total. The van der Waals surface area contributed by atoms with Gasteiger partial charge in [0.25, 0.3) is 5.97 Å². The fourth-order valence-electron chi connectivity index (χ4n) is 0.683. The van der Waals surface area contributed by atoms with Crippen LogP contribution in [0.3, 0.4) is 0 Å². The molecule has 8 heteroatoms. The summed E-state index contributed by atoms with van der Waals surface area (Å²) in [7, 11) is 0. The van der Waals surface area contributed by atoms with Crippen molar-refractivity contribution in [2.75, 3.05) is 0 Å². The molecular weight excluding hydrogens is 234 g/mol. The van der Waals surface area contributed by atoms with E-state index in [0.717, 1.165) is 25.1 Å². The van der Waals surface area contributed by atoms with Crippen LogP contribution in [0.4, 0.5) is 5.88 Å². The van der Waals surface area contributed by atoms with E-state index in [1.54, 1.807) is 0 Å². The Morgan fingerprint density at radius 1 is 1.41 bits per heavy atom. The van der Waals surface area contributed by atoms with E-state index in [4.69, 9.17) is 15.0 Å². The number of furan rings is 1. The van der Waals surface area contributed by atoms with Crippen molar-refractivity contribution >= 4 is 23.9 Å². The molecule has 0 saturated carbocycles. The largest absolute Gasteiger partial charge is 0.481 e. The van der Waals surface area contributed by atoms with Crippen molar-refractivity contribution in [1.29, 1.82) is 0 Å². The predicted molar refractivity (Wildman–Crippen MR) is 55.3 cm³/mol. The van der Waals surface area contributed by atoms with E-state index in [2.05, 4.69) is 4.42 Å². The zero-order chi connectivity index (χ0) is 13.4. The zero-order valence-electron chi connectivity index (χ0n) is 8.69. The molecule has 0 spiro atoms. The highest BCUT2D eigenvalue weighted by molar-refractivity contribution is 5.84. The van der Waals surface area contributed by atoms with Crippen LogP contribution in [-0.4, -0.2) is 27.1 Å². The molecule has 0 unspecified atom stereocenters. The molecule has 0 aliphatic rings. The summed E-state index contributed by atoms with van der Waals surface area (Å²) in [6.07, 6.45) is 1.97. The minimum absolute atomic E-state index is 0.133. The van der Waals surface area contributed by atoms with Crippen LogP contribution in [0.15, 0.2) is 22.6 Å². The molecule has 0 radical (unpaired) electrons. The van der Waals surface area contributed by atoms with Gasteiger partial charge in [-0.15, -0.1) is 0 Å². The summed E-state index contributed by atoms with van der Waals surface area (Å²) in [5.74, 6) is -2.25. The summed E-state index contributed by atoms with van der Waals surface area (Å²) < 4.78 is 4.65. The number of nitrogens with zero attached hydrogens (tertiary/aromatic N) is 1. The lowest BCUT2D eigenvalue weighted by atomic mass is 10.4. The standard InChI is InChI=1S/C7H5NO5.C2H4O2/c9-7(10)4-2-5-1-3-6(13-5)8(11)12;1-2(3)4/h1-4H,(H,9,10);1H3,(H,3,4). The fourth-order valence-corrected chi connectivity index (χ4v) is 0.683. The fraction of sp³-hybridized carbons (Fsp3) is 0.111. The van der Waals surface area contributed by atoms with Crippen LogP contribution in [0.1, 0.15) is 12.7 Å². The van der Waals surface area contributed by atoms with E-state index in [1.807, 2.05) is 0 Å². The Morgan fingerprint density at radius 2 is 1.94 bits per heavy atom. The highest BCUT2D eigenvalue weighted by Crippen LogP contribution is 2.16. The molecule has 0 atom stereocenters. The molecule has 0 aliphatic heterocycles. The van der Waals surface area contributed by atoms with Crippen molar-refractivity contribution in [3.05, 3.63) is 34.1 Å². The summed E-state index contributed by atoms with van der Waals surface area (Å²) in [6, 6.07) is 2.47.